The standard InChI is InChI=1S/C19H26N4O3.ClH/c1-3-20-12-14-8-4-5-9-15(14)21-16(24)13(2)23-17(25)19(22-18(23)26)10-6-7-11-19;/h4-5,8-9,13,20H,3,6-7,10-12H2,1-2H3,(H,21,24)(H,22,26);1H. The van der Waals surface area contributed by atoms with Gasteiger partial charge < -0.3 is 16.0 Å². The summed E-state index contributed by atoms with van der Waals surface area (Å²) in [6, 6.07) is 6.17. The minimum atomic E-state index is -0.866. The number of carbonyl (C=O) groups excluding carboxylic acids is 3. The predicted octanol–water partition coefficient (Wildman–Crippen LogP) is 2.41. The number of amides is 4. The molecular weight excluding hydrogens is 368 g/mol. The molecule has 2 aliphatic rings. The van der Waals surface area contributed by atoms with Gasteiger partial charge in [-0.3, -0.25) is 9.59 Å². The van der Waals surface area contributed by atoms with Crippen molar-refractivity contribution in [2.45, 2.75) is 57.7 Å². The van der Waals surface area contributed by atoms with Crippen LogP contribution in [0.2, 0.25) is 0 Å². The summed E-state index contributed by atoms with van der Waals surface area (Å²) >= 11 is 0. The minimum Gasteiger partial charge on any atom is -0.324 e. The van der Waals surface area contributed by atoms with Crippen molar-refractivity contribution < 1.29 is 14.4 Å². The van der Waals surface area contributed by atoms with E-state index in [1.165, 1.54) is 0 Å². The summed E-state index contributed by atoms with van der Waals surface area (Å²) in [5.74, 6) is -0.643. The van der Waals surface area contributed by atoms with E-state index in [2.05, 4.69) is 16.0 Å². The first-order valence-electron chi connectivity index (χ1n) is 9.24. The summed E-state index contributed by atoms with van der Waals surface area (Å²) < 4.78 is 0. The van der Waals surface area contributed by atoms with Crippen LogP contribution >= 0.6 is 12.4 Å². The van der Waals surface area contributed by atoms with Gasteiger partial charge in [0.25, 0.3) is 5.91 Å². The van der Waals surface area contributed by atoms with E-state index in [4.69, 9.17) is 0 Å². The number of hydrogen-bond donors (Lipinski definition) is 3. The van der Waals surface area contributed by atoms with Gasteiger partial charge in [-0.05, 0) is 37.9 Å². The van der Waals surface area contributed by atoms with E-state index in [1.54, 1.807) is 6.92 Å². The van der Waals surface area contributed by atoms with Crippen LogP contribution in [0.15, 0.2) is 24.3 Å². The highest BCUT2D eigenvalue weighted by Crippen LogP contribution is 2.35. The lowest BCUT2D eigenvalue weighted by Crippen LogP contribution is -2.48. The molecule has 1 atom stereocenters. The van der Waals surface area contributed by atoms with Gasteiger partial charge >= 0.3 is 6.03 Å². The minimum absolute atomic E-state index is 0. The maximum absolute atomic E-state index is 12.8. The number of nitrogens with zero attached hydrogens (tertiary/aromatic N) is 1. The van der Waals surface area contributed by atoms with Gasteiger partial charge in [-0.15, -0.1) is 12.4 Å². The van der Waals surface area contributed by atoms with Crippen molar-refractivity contribution in [1.29, 1.82) is 0 Å². The van der Waals surface area contributed by atoms with Gasteiger partial charge in [0, 0.05) is 12.2 Å². The number of hydrogen-bond acceptors (Lipinski definition) is 4. The lowest BCUT2D eigenvalue weighted by atomic mass is 9.97. The Balaban J connectivity index is 0.00000261. The molecule has 1 spiro atoms. The summed E-state index contributed by atoms with van der Waals surface area (Å²) in [6.45, 7) is 5.06. The van der Waals surface area contributed by atoms with Crippen LogP contribution in [-0.2, 0) is 16.1 Å². The maximum atomic E-state index is 12.8. The van der Waals surface area contributed by atoms with Crippen molar-refractivity contribution in [2.75, 3.05) is 11.9 Å². The van der Waals surface area contributed by atoms with Gasteiger partial charge in [-0.25, -0.2) is 9.69 Å². The molecule has 1 saturated carbocycles. The fraction of sp³-hybridized carbons (Fsp3) is 0.526. The number of imide groups is 1. The number of halogens is 1. The monoisotopic (exact) mass is 394 g/mol. The molecular formula is C19H27ClN4O3. The Hall–Kier alpha value is -2.12. The van der Waals surface area contributed by atoms with Crippen LogP contribution in [0.3, 0.4) is 0 Å². The Labute approximate surface area is 165 Å². The van der Waals surface area contributed by atoms with E-state index in [9.17, 15) is 14.4 Å². The molecule has 3 rings (SSSR count). The molecule has 3 N–H and O–H groups in total. The number of benzene rings is 1. The van der Waals surface area contributed by atoms with Crippen molar-refractivity contribution in [3.05, 3.63) is 29.8 Å². The highest BCUT2D eigenvalue weighted by molar-refractivity contribution is 6.11. The van der Waals surface area contributed by atoms with Crippen molar-refractivity contribution in [3.63, 3.8) is 0 Å². The normalized spacial score (nSPS) is 19.0. The molecule has 1 saturated heterocycles. The van der Waals surface area contributed by atoms with E-state index >= 15 is 0 Å². The second-order valence-electron chi connectivity index (χ2n) is 7.00. The zero-order valence-corrected chi connectivity index (χ0v) is 16.5. The highest BCUT2D eigenvalue weighted by atomic mass is 35.5. The molecule has 1 unspecified atom stereocenters. The Morgan fingerprint density at radius 3 is 2.59 bits per heavy atom. The topological polar surface area (TPSA) is 90.5 Å². The lowest BCUT2D eigenvalue weighted by Gasteiger charge is -2.24. The average molecular weight is 395 g/mol. The van der Waals surface area contributed by atoms with Crippen molar-refractivity contribution >= 4 is 35.9 Å². The van der Waals surface area contributed by atoms with Crippen LogP contribution in [0.5, 0.6) is 0 Å². The van der Waals surface area contributed by atoms with Gasteiger partial charge in [-0.2, -0.15) is 0 Å². The Bertz CT molecular complexity index is 719. The van der Waals surface area contributed by atoms with E-state index in [1.807, 2.05) is 31.2 Å². The third-order valence-corrected chi connectivity index (χ3v) is 5.26. The highest BCUT2D eigenvalue weighted by Gasteiger charge is 2.54. The van der Waals surface area contributed by atoms with Gasteiger partial charge in [0.1, 0.15) is 11.6 Å². The number of para-hydroxylation sites is 1. The molecule has 8 heteroatoms. The molecule has 4 amide bonds. The largest absolute Gasteiger partial charge is 0.325 e. The molecule has 27 heavy (non-hydrogen) atoms. The van der Waals surface area contributed by atoms with Gasteiger partial charge in [-0.1, -0.05) is 38.0 Å². The molecule has 148 valence electrons. The van der Waals surface area contributed by atoms with Crippen LogP contribution in [0.25, 0.3) is 0 Å². The van der Waals surface area contributed by atoms with Crippen LogP contribution in [0.4, 0.5) is 10.5 Å². The first-order chi connectivity index (χ1) is 12.5. The number of urea groups is 1. The fourth-order valence-corrected chi connectivity index (χ4v) is 3.72. The maximum Gasteiger partial charge on any atom is 0.325 e. The molecule has 1 aliphatic heterocycles. The summed E-state index contributed by atoms with van der Waals surface area (Å²) in [4.78, 5) is 38.9. The molecule has 1 heterocycles. The van der Waals surface area contributed by atoms with Crippen molar-refractivity contribution in [2.24, 2.45) is 0 Å². The lowest BCUT2D eigenvalue weighted by molar-refractivity contribution is -0.136. The van der Waals surface area contributed by atoms with E-state index in [-0.39, 0.29) is 24.2 Å². The molecule has 1 aromatic rings. The van der Waals surface area contributed by atoms with Crippen LogP contribution in [0, 0.1) is 0 Å². The van der Waals surface area contributed by atoms with Crippen molar-refractivity contribution in [3.8, 4) is 0 Å². The number of carbonyl (C=O) groups is 3. The first kappa shape index (κ1) is 21.2. The van der Waals surface area contributed by atoms with Gasteiger partial charge in [0.05, 0.1) is 0 Å². The van der Waals surface area contributed by atoms with Crippen LogP contribution < -0.4 is 16.0 Å². The summed E-state index contributed by atoms with van der Waals surface area (Å²) in [6.07, 6.45) is 3.12. The molecule has 1 aromatic carbocycles. The molecule has 0 aromatic heterocycles. The zero-order chi connectivity index (χ0) is 18.7. The Morgan fingerprint density at radius 2 is 1.93 bits per heavy atom. The summed E-state index contributed by atoms with van der Waals surface area (Å²) in [5, 5.41) is 8.91. The molecule has 7 nitrogen and oxygen atoms in total. The van der Waals surface area contributed by atoms with Crippen LogP contribution in [-0.4, -0.2) is 40.9 Å². The summed E-state index contributed by atoms with van der Waals surface area (Å²) in [7, 11) is 0. The van der Waals surface area contributed by atoms with Crippen LogP contribution in [0.1, 0.15) is 45.1 Å². The van der Waals surface area contributed by atoms with Gasteiger partial charge in [0.15, 0.2) is 0 Å². The van der Waals surface area contributed by atoms with E-state index in [0.717, 1.165) is 29.8 Å². The number of anilines is 1. The summed E-state index contributed by atoms with van der Waals surface area (Å²) in [5.41, 5.74) is 0.849. The predicted molar refractivity (Wildman–Crippen MR) is 106 cm³/mol. The molecule has 2 fully saturated rings. The van der Waals surface area contributed by atoms with Crippen molar-refractivity contribution in [1.82, 2.24) is 15.5 Å². The molecule has 0 radical (unpaired) electrons. The molecule has 1 aliphatic carbocycles. The first-order valence-corrected chi connectivity index (χ1v) is 9.24. The average Bonchev–Trinajstić information content (AvgIpc) is 3.19. The SMILES string of the molecule is CCNCc1ccccc1NC(=O)C(C)N1C(=O)NC2(CCCC2)C1=O.Cl. The second kappa shape index (κ2) is 8.71. The van der Waals surface area contributed by atoms with Gasteiger partial charge in [0.2, 0.25) is 5.91 Å². The fourth-order valence-electron chi connectivity index (χ4n) is 3.72. The third-order valence-electron chi connectivity index (χ3n) is 5.26. The zero-order valence-electron chi connectivity index (χ0n) is 15.7. The Morgan fingerprint density at radius 1 is 1.26 bits per heavy atom. The second-order valence-corrected chi connectivity index (χ2v) is 7.00. The molecule has 0 bridgehead atoms. The number of rotatable bonds is 6. The smallest absolute Gasteiger partial charge is 0.324 e. The van der Waals surface area contributed by atoms with E-state index in [0.29, 0.717) is 25.1 Å². The Kier molecular flexibility index (Phi) is 6.84. The van der Waals surface area contributed by atoms with E-state index < -0.39 is 17.6 Å². The number of nitrogens with one attached hydrogen (secondary N) is 3. The quantitative estimate of drug-likeness (QED) is 0.646. The third kappa shape index (κ3) is 4.09.